The second-order valence-corrected chi connectivity index (χ2v) is 6.16. The third-order valence-electron chi connectivity index (χ3n) is 4.88. The molecule has 0 aromatic heterocycles. The van der Waals surface area contributed by atoms with Crippen LogP contribution in [-0.4, -0.2) is 24.5 Å². The van der Waals surface area contributed by atoms with Gasteiger partial charge < -0.3 is 10.2 Å². The predicted molar refractivity (Wildman–Crippen MR) is 81.7 cm³/mol. The minimum Gasteiger partial charge on any atom is -0.311 e. The molecule has 3 nitrogen and oxygen atoms in total. The van der Waals surface area contributed by atoms with Gasteiger partial charge in [-0.1, -0.05) is 12.8 Å². The van der Waals surface area contributed by atoms with E-state index in [1.807, 2.05) is 6.92 Å². The fourth-order valence-corrected chi connectivity index (χ4v) is 3.79. The molecule has 0 spiro atoms. The van der Waals surface area contributed by atoms with Crippen molar-refractivity contribution in [2.24, 2.45) is 5.92 Å². The molecule has 21 heavy (non-hydrogen) atoms. The fourth-order valence-electron chi connectivity index (χ4n) is 3.79. The predicted octanol–water partition coefficient (Wildman–Crippen LogP) is 3.10. The molecule has 3 atom stereocenters. The Kier molecular flexibility index (Phi) is 4.24. The monoisotopic (exact) mass is 290 g/mol. The van der Waals surface area contributed by atoms with Crippen molar-refractivity contribution in [1.29, 1.82) is 0 Å². The van der Waals surface area contributed by atoms with Crippen LogP contribution >= 0.6 is 0 Å². The number of nitrogens with one attached hydrogen (secondary N) is 1. The van der Waals surface area contributed by atoms with Gasteiger partial charge in [-0.05, 0) is 56.4 Å². The van der Waals surface area contributed by atoms with Gasteiger partial charge in [0.25, 0.3) is 0 Å². The van der Waals surface area contributed by atoms with Crippen molar-refractivity contribution >= 4 is 11.6 Å². The summed E-state index contributed by atoms with van der Waals surface area (Å²) in [6.07, 6.45) is 5.94. The first-order valence-corrected chi connectivity index (χ1v) is 8.02. The molecule has 1 aliphatic heterocycles. The van der Waals surface area contributed by atoms with Gasteiger partial charge in [-0.25, -0.2) is 4.39 Å². The SMILES string of the molecule is CCN(C(=O)C1CC2CCCCC2N1)c1ccc(F)cc1. The quantitative estimate of drug-likeness (QED) is 0.927. The van der Waals surface area contributed by atoms with Crippen LogP contribution in [0, 0.1) is 11.7 Å². The molecule has 1 saturated carbocycles. The zero-order valence-corrected chi connectivity index (χ0v) is 12.5. The van der Waals surface area contributed by atoms with Gasteiger partial charge in [-0.15, -0.1) is 0 Å². The van der Waals surface area contributed by atoms with E-state index in [9.17, 15) is 9.18 Å². The van der Waals surface area contributed by atoms with Crippen molar-refractivity contribution in [2.45, 2.75) is 51.1 Å². The Hall–Kier alpha value is -1.42. The maximum absolute atomic E-state index is 13.0. The smallest absolute Gasteiger partial charge is 0.244 e. The van der Waals surface area contributed by atoms with E-state index < -0.39 is 0 Å². The first kappa shape index (κ1) is 14.5. The van der Waals surface area contributed by atoms with Crippen LogP contribution in [0.3, 0.4) is 0 Å². The molecule has 3 rings (SSSR count). The summed E-state index contributed by atoms with van der Waals surface area (Å²) in [4.78, 5) is 14.5. The van der Waals surface area contributed by atoms with Crippen LogP contribution in [0.1, 0.15) is 39.0 Å². The van der Waals surface area contributed by atoms with E-state index in [0.29, 0.717) is 18.5 Å². The molecule has 2 fully saturated rings. The van der Waals surface area contributed by atoms with E-state index in [2.05, 4.69) is 5.32 Å². The highest BCUT2D eigenvalue weighted by Crippen LogP contribution is 2.34. The molecule has 3 unspecified atom stereocenters. The number of benzene rings is 1. The van der Waals surface area contributed by atoms with E-state index in [4.69, 9.17) is 0 Å². The van der Waals surface area contributed by atoms with Gasteiger partial charge in [-0.3, -0.25) is 4.79 Å². The second-order valence-electron chi connectivity index (χ2n) is 6.16. The summed E-state index contributed by atoms with van der Waals surface area (Å²) in [5.74, 6) is 0.505. The van der Waals surface area contributed by atoms with E-state index in [0.717, 1.165) is 12.1 Å². The number of likely N-dealkylation sites (N-methyl/N-ethyl adjacent to an activating group) is 1. The number of halogens is 1. The molecule has 1 aliphatic carbocycles. The number of carbonyl (C=O) groups is 1. The second kappa shape index (κ2) is 6.14. The highest BCUT2D eigenvalue weighted by molar-refractivity contribution is 5.97. The summed E-state index contributed by atoms with van der Waals surface area (Å²) >= 11 is 0. The molecule has 1 aromatic carbocycles. The lowest BCUT2D eigenvalue weighted by Gasteiger charge is -2.25. The Morgan fingerprint density at radius 3 is 2.67 bits per heavy atom. The first-order valence-electron chi connectivity index (χ1n) is 8.02. The lowest BCUT2D eigenvalue weighted by Crippen LogP contribution is -2.45. The van der Waals surface area contributed by atoms with Crippen LogP contribution in [-0.2, 0) is 4.79 Å². The Balaban J connectivity index is 1.72. The van der Waals surface area contributed by atoms with Gasteiger partial charge in [0.05, 0.1) is 6.04 Å². The normalized spacial score (nSPS) is 28.2. The molecule has 0 radical (unpaired) electrons. The number of carbonyl (C=O) groups excluding carboxylic acids is 1. The molecule has 4 heteroatoms. The Morgan fingerprint density at radius 1 is 1.29 bits per heavy atom. The van der Waals surface area contributed by atoms with Crippen molar-refractivity contribution in [3.05, 3.63) is 30.1 Å². The molecule has 2 aliphatic rings. The number of fused-ring (bicyclic) bond motifs is 1. The number of amides is 1. The zero-order valence-electron chi connectivity index (χ0n) is 12.5. The van der Waals surface area contributed by atoms with Gasteiger partial charge in [0.1, 0.15) is 5.82 Å². The molecule has 1 aromatic rings. The van der Waals surface area contributed by atoms with E-state index in [1.54, 1.807) is 17.0 Å². The van der Waals surface area contributed by atoms with E-state index in [1.165, 1.54) is 37.8 Å². The Morgan fingerprint density at radius 2 is 2.00 bits per heavy atom. The third-order valence-corrected chi connectivity index (χ3v) is 4.88. The molecule has 114 valence electrons. The molecule has 1 saturated heterocycles. The van der Waals surface area contributed by atoms with Crippen molar-refractivity contribution in [1.82, 2.24) is 5.32 Å². The lowest BCUT2D eigenvalue weighted by atomic mass is 9.85. The van der Waals surface area contributed by atoms with Gasteiger partial charge >= 0.3 is 0 Å². The van der Waals surface area contributed by atoms with Crippen LogP contribution in [0.4, 0.5) is 10.1 Å². The summed E-state index contributed by atoms with van der Waals surface area (Å²) in [5, 5.41) is 3.52. The third kappa shape index (κ3) is 2.95. The Labute approximate surface area is 125 Å². The average molecular weight is 290 g/mol. The van der Waals surface area contributed by atoms with Crippen molar-refractivity contribution in [3.8, 4) is 0 Å². The minimum atomic E-state index is -0.271. The minimum absolute atomic E-state index is 0.0805. The van der Waals surface area contributed by atoms with E-state index >= 15 is 0 Å². The zero-order chi connectivity index (χ0) is 14.8. The number of nitrogens with zero attached hydrogens (tertiary/aromatic N) is 1. The van der Waals surface area contributed by atoms with E-state index in [-0.39, 0.29) is 17.8 Å². The van der Waals surface area contributed by atoms with Crippen LogP contribution in [0.2, 0.25) is 0 Å². The van der Waals surface area contributed by atoms with Crippen LogP contribution in [0.15, 0.2) is 24.3 Å². The first-order chi connectivity index (χ1) is 10.2. The summed E-state index contributed by atoms with van der Waals surface area (Å²) < 4.78 is 13.0. The standard InChI is InChI=1S/C17H23FN2O/c1-2-20(14-9-7-13(18)8-10-14)17(21)16-11-12-5-3-4-6-15(12)19-16/h7-10,12,15-16,19H,2-6,11H2,1H3. The number of hydrogen-bond acceptors (Lipinski definition) is 2. The summed E-state index contributed by atoms with van der Waals surface area (Å²) in [5.41, 5.74) is 0.778. The maximum Gasteiger partial charge on any atom is 0.244 e. The molecule has 1 heterocycles. The molecule has 1 N–H and O–H groups in total. The van der Waals surface area contributed by atoms with Gasteiger partial charge in [0.2, 0.25) is 5.91 Å². The summed E-state index contributed by atoms with van der Waals surface area (Å²) in [6.45, 7) is 2.57. The number of anilines is 1. The maximum atomic E-state index is 13.0. The molecular weight excluding hydrogens is 267 g/mol. The van der Waals surface area contributed by atoms with Gasteiger partial charge in [0, 0.05) is 18.3 Å². The largest absolute Gasteiger partial charge is 0.311 e. The van der Waals surface area contributed by atoms with Crippen LogP contribution in [0.25, 0.3) is 0 Å². The molecular formula is C17H23FN2O. The number of rotatable bonds is 3. The topological polar surface area (TPSA) is 32.3 Å². The summed E-state index contributed by atoms with van der Waals surface area (Å²) in [6, 6.07) is 6.61. The molecule has 1 amide bonds. The highest BCUT2D eigenvalue weighted by atomic mass is 19.1. The number of hydrogen-bond donors (Lipinski definition) is 1. The molecule has 0 bridgehead atoms. The van der Waals surface area contributed by atoms with Crippen molar-refractivity contribution in [3.63, 3.8) is 0 Å². The average Bonchev–Trinajstić information content (AvgIpc) is 2.93. The van der Waals surface area contributed by atoms with Gasteiger partial charge in [0.15, 0.2) is 0 Å². The van der Waals surface area contributed by atoms with Crippen molar-refractivity contribution < 1.29 is 9.18 Å². The highest BCUT2D eigenvalue weighted by Gasteiger charge is 2.39. The fraction of sp³-hybridized carbons (Fsp3) is 0.588. The Bertz CT molecular complexity index is 488. The summed E-state index contributed by atoms with van der Waals surface area (Å²) in [7, 11) is 0. The van der Waals surface area contributed by atoms with Gasteiger partial charge in [-0.2, -0.15) is 0 Å². The van der Waals surface area contributed by atoms with Crippen LogP contribution in [0.5, 0.6) is 0 Å². The van der Waals surface area contributed by atoms with Crippen LogP contribution < -0.4 is 10.2 Å². The lowest BCUT2D eigenvalue weighted by molar-refractivity contribution is -0.120. The van der Waals surface area contributed by atoms with Crippen molar-refractivity contribution in [2.75, 3.05) is 11.4 Å².